The molecule has 0 radical (unpaired) electrons. The van der Waals surface area contributed by atoms with Crippen molar-refractivity contribution < 1.29 is 9.53 Å². The van der Waals surface area contributed by atoms with E-state index >= 15 is 0 Å². The van der Waals surface area contributed by atoms with Crippen LogP contribution in [-0.4, -0.2) is 51.9 Å². The first-order valence-electron chi connectivity index (χ1n) is 7.43. The lowest BCUT2D eigenvalue weighted by molar-refractivity contribution is -0.130. The second kappa shape index (κ2) is 7.99. The van der Waals surface area contributed by atoms with E-state index in [4.69, 9.17) is 4.74 Å². The highest BCUT2D eigenvalue weighted by Crippen LogP contribution is 2.16. The van der Waals surface area contributed by atoms with Crippen LogP contribution in [0.15, 0.2) is 12.7 Å². The predicted molar refractivity (Wildman–Crippen MR) is 75.1 cm³/mol. The first-order chi connectivity index (χ1) is 9.75. The summed E-state index contributed by atoms with van der Waals surface area (Å²) < 4.78 is 7.34. The molecule has 1 aromatic rings. The second-order valence-electron chi connectivity index (χ2n) is 5.35. The molecule has 0 spiro atoms. The van der Waals surface area contributed by atoms with Crippen LogP contribution in [0.1, 0.15) is 38.5 Å². The second-order valence-corrected chi connectivity index (χ2v) is 5.35. The molecule has 2 heterocycles. The van der Waals surface area contributed by atoms with Crippen LogP contribution < -0.4 is 0 Å². The molecule has 0 aliphatic carbocycles. The van der Waals surface area contributed by atoms with Crippen LogP contribution in [0.2, 0.25) is 0 Å². The van der Waals surface area contributed by atoms with Gasteiger partial charge in [0.15, 0.2) is 0 Å². The molecular weight excluding hydrogens is 256 g/mol. The van der Waals surface area contributed by atoms with E-state index < -0.39 is 0 Å². The Bertz CT molecular complexity index is 388. The number of hydrogen-bond acceptors (Lipinski definition) is 4. The van der Waals surface area contributed by atoms with E-state index in [-0.39, 0.29) is 5.91 Å². The molecule has 6 heteroatoms. The van der Waals surface area contributed by atoms with Crippen molar-refractivity contribution >= 4 is 5.91 Å². The number of aryl methyl sites for hydroxylation is 1. The molecule has 0 aromatic carbocycles. The number of rotatable bonds is 8. The highest BCUT2D eigenvalue weighted by molar-refractivity contribution is 5.75. The van der Waals surface area contributed by atoms with Crippen molar-refractivity contribution in [2.24, 2.45) is 0 Å². The third kappa shape index (κ3) is 4.92. The SMILES string of the molecule is CN(CCCC1CCCO1)C(=O)CCCn1cncn1. The zero-order chi connectivity index (χ0) is 14.2. The van der Waals surface area contributed by atoms with Crippen LogP contribution >= 0.6 is 0 Å². The first-order valence-corrected chi connectivity index (χ1v) is 7.43. The van der Waals surface area contributed by atoms with E-state index in [0.717, 1.165) is 39.0 Å². The molecule has 1 aliphatic heterocycles. The smallest absolute Gasteiger partial charge is 0.222 e. The minimum Gasteiger partial charge on any atom is -0.378 e. The van der Waals surface area contributed by atoms with Crippen molar-refractivity contribution in [2.75, 3.05) is 20.2 Å². The molecule has 2 rings (SSSR count). The summed E-state index contributed by atoms with van der Waals surface area (Å²) in [5, 5.41) is 4.02. The predicted octanol–water partition coefficient (Wildman–Crippen LogP) is 1.48. The summed E-state index contributed by atoms with van der Waals surface area (Å²) in [5.41, 5.74) is 0. The van der Waals surface area contributed by atoms with E-state index in [2.05, 4.69) is 10.1 Å². The standard InChI is InChI=1S/C14H24N4O2/c1-17(8-2-5-13-6-4-10-20-13)14(19)7-3-9-18-12-15-11-16-18/h11-13H,2-10H2,1H3. The number of ether oxygens (including phenoxy) is 1. The maximum atomic E-state index is 11.9. The van der Waals surface area contributed by atoms with Gasteiger partial charge in [-0.3, -0.25) is 9.48 Å². The normalized spacial score (nSPS) is 18.4. The van der Waals surface area contributed by atoms with Crippen molar-refractivity contribution in [3.8, 4) is 0 Å². The summed E-state index contributed by atoms with van der Waals surface area (Å²) in [7, 11) is 1.88. The molecular formula is C14H24N4O2. The number of nitrogens with zero attached hydrogens (tertiary/aromatic N) is 4. The van der Waals surface area contributed by atoms with E-state index in [1.165, 1.54) is 19.2 Å². The molecule has 6 nitrogen and oxygen atoms in total. The molecule has 1 unspecified atom stereocenters. The fraction of sp³-hybridized carbons (Fsp3) is 0.786. The van der Waals surface area contributed by atoms with Crippen molar-refractivity contribution in [3.05, 3.63) is 12.7 Å². The van der Waals surface area contributed by atoms with Crippen LogP contribution in [0.3, 0.4) is 0 Å². The lowest BCUT2D eigenvalue weighted by atomic mass is 10.1. The Labute approximate surface area is 120 Å². The molecule has 0 bridgehead atoms. The molecule has 1 fully saturated rings. The Morgan fingerprint density at radius 3 is 3.10 bits per heavy atom. The first kappa shape index (κ1) is 15.0. The quantitative estimate of drug-likeness (QED) is 0.723. The van der Waals surface area contributed by atoms with Crippen LogP contribution in [0.5, 0.6) is 0 Å². The van der Waals surface area contributed by atoms with Gasteiger partial charge >= 0.3 is 0 Å². The summed E-state index contributed by atoms with van der Waals surface area (Å²) in [6.07, 6.45) is 9.43. The molecule has 20 heavy (non-hydrogen) atoms. The molecule has 1 amide bonds. The average Bonchev–Trinajstić information content (AvgIpc) is 3.11. The van der Waals surface area contributed by atoms with Gasteiger partial charge in [0.25, 0.3) is 0 Å². The Balaban J connectivity index is 1.54. The molecule has 0 N–H and O–H groups in total. The van der Waals surface area contributed by atoms with Gasteiger partial charge in [-0.15, -0.1) is 0 Å². The maximum Gasteiger partial charge on any atom is 0.222 e. The molecule has 0 saturated carbocycles. The number of carbonyl (C=O) groups is 1. The van der Waals surface area contributed by atoms with E-state index in [0.29, 0.717) is 12.5 Å². The Morgan fingerprint density at radius 1 is 1.50 bits per heavy atom. The lowest BCUT2D eigenvalue weighted by Crippen LogP contribution is -2.28. The van der Waals surface area contributed by atoms with Crippen LogP contribution in [0.4, 0.5) is 0 Å². The number of amides is 1. The van der Waals surface area contributed by atoms with Crippen molar-refractivity contribution in [2.45, 2.75) is 51.2 Å². The summed E-state index contributed by atoms with van der Waals surface area (Å²) >= 11 is 0. The van der Waals surface area contributed by atoms with Crippen molar-refractivity contribution in [1.82, 2.24) is 19.7 Å². The van der Waals surface area contributed by atoms with Gasteiger partial charge in [-0.1, -0.05) is 0 Å². The van der Waals surface area contributed by atoms with Gasteiger partial charge in [-0.2, -0.15) is 5.10 Å². The van der Waals surface area contributed by atoms with Gasteiger partial charge in [0, 0.05) is 33.2 Å². The summed E-state index contributed by atoms with van der Waals surface area (Å²) in [6.45, 7) is 2.47. The average molecular weight is 280 g/mol. The fourth-order valence-electron chi connectivity index (χ4n) is 2.48. The van der Waals surface area contributed by atoms with E-state index in [1.54, 1.807) is 11.0 Å². The Kier molecular flexibility index (Phi) is 5.98. The monoisotopic (exact) mass is 280 g/mol. The summed E-state index contributed by atoms with van der Waals surface area (Å²) in [5.74, 6) is 0.206. The zero-order valence-corrected chi connectivity index (χ0v) is 12.2. The maximum absolute atomic E-state index is 11.9. The third-order valence-corrected chi connectivity index (χ3v) is 3.71. The molecule has 1 aromatic heterocycles. The zero-order valence-electron chi connectivity index (χ0n) is 12.2. The van der Waals surface area contributed by atoms with Gasteiger partial charge in [0.05, 0.1) is 6.10 Å². The van der Waals surface area contributed by atoms with Crippen LogP contribution in [0.25, 0.3) is 0 Å². The van der Waals surface area contributed by atoms with Crippen LogP contribution in [-0.2, 0) is 16.1 Å². The third-order valence-electron chi connectivity index (χ3n) is 3.71. The lowest BCUT2D eigenvalue weighted by Gasteiger charge is -2.18. The van der Waals surface area contributed by atoms with Crippen molar-refractivity contribution in [1.29, 1.82) is 0 Å². The van der Waals surface area contributed by atoms with Gasteiger partial charge in [0.2, 0.25) is 5.91 Å². The number of aromatic nitrogens is 3. The van der Waals surface area contributed by atoms with Gasteiger partial charge in [0.1, 0.15) is 12.7 Å². The summed E-state index contributed by atoms with van der Waals surface area (Å²) in [6, 6.07) is 0. The largest absolute Gasteiger partial charge is 0.378 e. The van der Waals surface area contributed by atoms with Gasteiger partial charge < -0.3 is 9.64 Å². The molecule has 112 valence electrons. The van der Waals surface area contributed by atoms with E-state index in [1.807, 2.05) is 11.9 Å². The van der Waals surface area contributed by atoms with Gasteiger partial charge in [-0.05, 0) is 32.1 Å². The number of carbonyl (C=O) groups excluding carboxylic acids is 1. The highest BCUT2D eigenvalue weighted by atomic mass is 16.5. The molecule has 1 aliphatic rings. The Hall–Kier alpha value is -1.43. The minimum absolute atomic E-state index is 0.206. The Morgan fingerprint density at radius 2 is 2.40 bits per heavy atom. The van der Waals surface area contributed by atoms with Crippen molar-refractivity contribution in [3.63, 3.8) is 0 Å². The summed E-state index contributed by atoms with van der Waals surface area (Å²) in [4.78, 5) is 17.7. The molecule has 1 saturated heterocycles. The highest BCUT2D eigenvalue weighted by Gasteiger charge is 2.15. The number of hydrogen-bond donors (Lipinski definition) is 0. The van der Waals surface area contributed by atoms with Crippen LogP contribution in [0, 0.1) is 0 Å². The topological polar surface area (TPSA) is 60.2 Å². The van der Waals surface area contributed by atoms with Gasteiger partial charge in [-0.25, -0.2) is 4.98 Å². The van der Waals surface area contributed by atoms with E-state index in [9.17, 15) is 4.79 Å². The fourth-order valence-corrected chi connectivity index (χ4v) is 2.48. The minimum atomic E-state index is 0.206. The molecule has 1 atom stereocenters.